The fraction of sp³-hybridized carbons (Fsp3) is 0.188. The Morgan fingerprint density at radius 2 is 2.05 bits per heavy atom. The summed E-state index contributed by atoms with van der Waals surface area (Å²) in [6, 6.07) is 10.3. The lowest BCUT2D eigenvalue weighted by Gasteiger charge is -2.12. The van der Waals surface area contributed by atoms with Gasteiger partial charge in [0.2, 0.25) is 0 Å². The predicted octanol–water partition coefficient (Wildman–Crippen LogP) is 3.70. The Bertz CT molecular complexity index is 689. The largest absolute Gasteiger partial charge is 0.473 e. The zero-order chi connectivity index (χ0) is 16.1. The number of nitrogen functional groups attached to an aromatic ring is 1. The normalized spacial score (nSPS) is 10.1. The number of hydrogen-bond donors (Lipinski definition) is 3. The number of nitrogens with two attached hydrogens (primary N) is 1. The molecule has 0 heterocycles. The molecule has 0 saturated heterocycles. The zero-order valence-electron chi connectivity index (χ0n) is 12.4. The number of anilines is 2. The third-order valence-electron chi connectivity index (χ3n) is 3.27. The maximum Gasteiger partial charge on any atom is 0.321 e. The highest BCUT2D eigenvalue weighted by molar-refractivity contribution is 6.33. The van der Waals surface area contributed by atoms with Gasteiger partial charge in [0, 0.05) is 5.69 Å². The van der Waals surface area contributed by atoms with Gasteiger partial charge in [0.1, 0.15) is 5.75 Å². The van der Waals surface area contributed by atoms with Crippen LogP contribution in [0.3, 0.4) is 0 Å². The molecule has 0 radical (unpaired) electrons. The number of rotatable bonds is 4. The Labute approximate surface area is 134 Å². The summed E-state index contributed by atoms with van der Waals surface area (Å²) in [4.78, 5) is 11.8. The molecule has 2 aromatic carbocycles. The van der Waals surface area contributed by atoms with Crippen LogP contribution >= 0.6 is 11.6 Å². The minimum absolute atomic E-state index is 0.0683. The molecule has 116 valence electrons. The Morgan fingerprint density at radius 1 is 1.27 bits per heavy atom. The monoisotopic (exact) mass is 319 g/mol. The third kappa shape index (κ3) is 4.05. The summed E-state index contributed by atoms with van der Waals surface area (Å²) in [5, 5.41) is 5.66. The molecule has 0 bridgehead atoms. The number of halogens is 1. The molecule has 0 aliphatic heterocycles. The number of carbonyl (C=O) groups excluding carboxylic acids is 1. The van der Waals surface area contributed by atoms with Crippen LogP contribution in [-0.4, -0.2) is 12.8 Å². The molecule has 0 atom stereocenters. The van der Waals surface area contributed by atoms with Crippen molar-refractivity contribution >= 4 is 29.0 Å². The van der Waals surface area contributed by atoms with E-state index in [0.717, 1.165) is 16.9 Å². The summed E-state index contributed by atoms with van der Waals surface area (Å²) in [7, 11) is 0. The Balaban J connectivity index is 1.85. The van der Waals surface area contributed by atoms with Gasteiger partial charge in [0.25, 0.3) is 0 Å². The molecule has 2 amide bonds. The van der Waals surface area contributed by atoms with E-state index in [0.29, 0.717) is 16.4 Å². The molecule has 2 rings (SSSR count). The molecular formula is C16H18ClN3O2. The van der Waals surface area contributed by atoms with Crippen molar-refractivity contribution in [2.45, 2.75) is 13.8 Å². The smallest absolute Gasteiger partial charge is 0.321 e. The molecular weight excluding hydrogens is 302 g/mol. The summed E-state index contributed by atoms with van der Waals surface area (Å²) in [6.45, 7) is 4.05. The average Bonchev–Trinajstić information content (AvgIpc) is 2.47. The minimum Gasteiger partial charge on any atom is -0.473 e. The van der Waals surface area contributed by atoms with Crippen LogP contribution in [0.15, 0.2) is 36.4 Å². The first kappa shape index (κ1) is 16.0. The number of benzene rings is 2. The zero-order valence-corrected chi connectivity index (χ0v) is 13.2. The van der Waals surface area contributed by atoms with E-state index >= 15 is 0 Å². The van der Waals surface area contributed by atoms with E-state index in [1.807, 2.05) is 32.0 Å². The van der Waals surface area contributed by atoms with E-state index in [2.05, 4.69) is 10.6 Å². The fourth-order valence-corrected chi connectivity index (χ4v) is 2.02. The van der Waals surface area contributed by atoms with Gasteiger partial charge in [-0.3, -0.25) is 0 Å². The van der Waals surface area contributed by atoms with Gasteiger partial charge in [0.15, 0.2) is 6.73 Å². The van der Waals surface area contributed by atoms with Crippen LogP contribution < -0.4 is 21.1 Å². The van der Waals surface area contributed by atoms with Gasteiger partial charge in [-0.05, 0) is 49.2 Å². The maximum atomic E-state index is 11.8. The number of aryl methyl sites for hydroxylation is 1. The van der Waals surface area contributed by atoms with Gasteiger partial charge in [0.05, 0.1) is 10.7 Å². The second kappa shape index (κ2) is 7.04. The molecule has 0 saturated carbocycles. The lowest BCUT2D eigenvalue weighted by molar-refractivity contribution is 0.234. The third-order valence-corrected chi connectivity index (χ3v) is 3.60. The van der Waals surface area contributed by atoms with Crippen molar-refractivity contribution in [2.75, 3.05) is 17.8 Å². The van der Waals surface area contributed by atoms with Crippen LogP contribution in [0, 0.1) is 13.8 Å². The molecule has 0 unspecified atom stereocenters. The molecule has 6 heteroatoms. The first-order valence-electron chi connectivity index (χ1n) is 6.76. The van der Waals surface area contributed by atoms with Gasteiger partial charge in [-0.1, -0.05) is 23.7 Å². The number of hydrogen-bond acceptors (Lipinski definition) is 3. The van der Waals surface area contributed by atoms with Gasteiger partial charge in [-0.2, -0.15) is 0 Å². The Hall–Kier alpha value is -2.40. The lowest BCUT2D eigenvalue weighted by Crippen LogP contribution is -2.32. The van der Waals surface area contributed by atoms with Crippen molar-refractivity contribution in [2.24, 2.45) is 0 Å². The van der Waals surface area contributed by atoms with Crippen LogP contribution in [-0.2, 0) is 0 Å². The van der Waals surface area contributed by atoms with Crippen molar-refractivity contribution < 1.29 is 9.53 Å². The average molecular weight is 320 g/mol. The van der Waals surface area contributed by atoms with E-state index < -0.39 is 0 Å². The minimum atomic E-state index is -0.383. The van der Waals surface area contributed by atoms with Crippen molar-refractivity contribution in [3.8, 4) is 5.75 Å². The van der Waals surface area contributed by atoms with E-state index in [9.17, 15) is 4.79 Å². The molecule has 5 nitrogen and oxygen atoms in total. The van der Waals surface area contributed by atoms with Crippen LogP contribution in [0.4, 0.5) is 16.2 Å². The molecule has 0 aromatic heterocycles. The molecule has 22 heavy (non-hydrogen) atoms. The summed E-state index contributed by atoms with van der Waals surface area (Å²) in [5.41, 5.74) is 8.82. The number of amides is 2. The predicted molar refractivity (Wildman–Crippen MR) is 89.4 cm³/mol. The summed E-state index contributed by atoms with van der Waals surface area (Å²) < 4.78 is 5.55. The van der Waals surface area contributed by atoms with Crippen LogP contribution in [0.2, 0.25) is 5.02 Å². The van der Waals surface area contributed by atoms with Gasteiger partial charge < -0.3 is 21.1 Å². The van der Waals surface area contributed by atoms with Gasteiger partial charge in [-0.25, -0.2) is 4.79 Å². The number of nitrogens with one attached hydrogen (secondary N) is 2. The van der Waals surface area contributed by atoms with Crippen molar-refractivity contribution in [1.29, 1.82) is 0 Å². The summed E-state index contributed by atoms with van der Waals surface area (Å²) in [6.07, 6.45) is 0. The number of ether oxygens (including phenoxy) is 1. The first-order valence-corrected chi connectivity index (χ1v) is 7.14. The highest BCUT2D eigenvalue weighted by Crippen LogP contribution is 2.22. The molecule has 4 N–H and O–H groups in total. The van der Waals surface area contributed by atoms with E-state index in [1.54, 1.807) is 18.2 Å². The second-order valence-electron chi connectivity index (χ2n) is 4.85. The van der Waals surface area contributed by atoms with Gasteiger partial charge >= 0.3 is 6.03 Å². The molecule has 0 aliphatic carbocycles. The second-order valence-corrected chi connectivity index (χ2v) is 5.26. The number of carbonyl (C=O) groups is 1. The molecule has 2 aromatic rings. The topological polar surface area (TPSA) is 76.4 Å². The van der Waals surface area contributed by atoms with E-state index in [4.69, 9.17) is 22.1 Å². The van der Waals surface area contributed by atoms with Crippen LogP contribution in [0.1, 0.15) is 11.1 Å². The quantitative estimate of drug-likeness (QED) is 0.594. The van der Waals surface area contributed by atoms with Crippen molar-refractivity contribution in [3.63, 3.8) is 0 Å². The van der Waals surface area contributed by atoms with Crippen LogP contribution in [0.5, 0.6) is 5.75 Å². The number of urea groups is 1. The summed E-state index contributed by atoms with van der Waals surface area (Å²) in [5.74, 6) is 0.746. The molecule has 0 fully saturated rings. The highest BCUT2D eigenvalue weighted by atomic mass is 35.5. The summed E-state index contributed by atoms with van der Waals surface area (Å²) >= 11 is 5.89. The van der Waals surface area contributed by atoms with Crippen LogP contribution in [0.25, 0.3) is 0 Å². The molecule has 0 aliphatic rings. The van der Waals surface area contributed by atoms with Crippen molar-refractivity contribution in [1.82, 2.24) is 5.32 Å². The standard InChI is InChI=1S/C16H18ClN3O2/c1-10-4-3-5-15(11(10)2)22-9-19-16(21)20-12-6-7-14(18)13(17)8-12/h3-8H,9,18H2,1-2H3,(H2,19,20,21). The first-order chi connectivity index (χ1) is 10.5. The maximum absolute atomic E-state index is 11.8. The SMILES string of the molecule is Cc1cccc(OCNC(=O)Nc2ccc(N)c(Cl)c2)c1C. The Kier molecular flexibility index (Phi) is 5.12. The van der Waals surface area contributed by atoms with E-state index in [1.165, 1.54) is 0 Å². The Morgan fingerprint density at radius 3 is 2.77 bits per heavy atom. The van der Waals surface area contributed by atoms with E-state index in [-0.39, 0.29) is 12.8 Å². The highest BCUT2D eigenvalue weighted by Gasteiger charge is 2.05. The van der Waals surface area contributed by atoms with Gasteiger partial charge in [-0.15, -0.1) is 0 Å². The fourth-order valence-electron chi connectivity index (χ4n) is 1.84. The lowest BCUT2D eigenvalue weighted by atomic mass is 10.1. The van der Waals surface area contributed by atoms with Crippen molar-refractivity contribution in [3.05, 3.63) is 52.5 Å². The molecule has 0 spiro atoms.